The van der Waals surface area contributed by atoms with Crippen molar-refractivity contribution < 1.29 is 17.9 Å². The number of rotatable bonds is 6. The summed E-state index contributed by atoms with van der Waals surface area (Å²) < 4.78 is 32.7. The van der Waals surface area contributed by atoms with Crippen molar-refractivity contribution in [3.05, 3.63) is 47.5 Å². The first-order valence-corrected chi connectivity index (χ1v) is 9.98. The van der Waals surface area contributed by atoms with Crippen LogP contribution in [-0.4, -0.2) is 33.0 Å². The molecule has 0 atom stereocenters. The van der Waals surface area contributed by atoms with Gasteiger partial charge in [0.2, 0.25) is 15.9 Å². The monoisotopic (exact) mass is 391 g/mol. The van der Waals surface area contributed by atoms with Crippen molar-refractivity contribution in [1.29, 1.82) is 0 Å². The summed E-state index contributed by atoms with van der Waals surface area (Å²) in [6.45, 7) is 1.55. The van der Waals surface area contributed by atoms with Crippen molar-refractivity contribution >= 4 is 43.2 Å². The molecule has 2 aromatic carbocycles. The molecule has 1 aromatic heterocycles. The van der Waals surface area contributed by atoms with Crippen molar-refractivity contribution in [2.24, 2.45) is 0 Å². The summed E-state index contributed by atoms with van der Waals surface area (Å²) in [5.74, 6) is 0.0954. The summed E-state index contributed by atoms with van der Waals surface area (Å²) >= 11 is 1.53. The number of nitrogens with zero attached hydrogens (tertiary/aromatic N) is 1. The van der Waals surface area contributed by atoms with Gasteiger partial charge in [0.25, 0.3) is 0 Å². The van der Waals surface area contributed by atoms with Crippen molar-refractivity contribution in [3.8, 4) is 5.75 Å². The third-order valence-electron chi connectivity index (χ3n) is 3.57. The molecule has 0 unspecified atom stereocenters. The highest BCUT2D eigenvalue weighted by atomic mass is 32.2. The molecule has 7 nitrogen and oxygen atoms in total. The number of carbonyl (C=O) groups is 1. The van der Waals surface area contributed by atoms with Crippen molar-refractivity contribution in [2.45, 2.75) is 11.8 Å². The first kappa shape index (κ1) is 18.3. The highest BCUT2D eigenvalue weighted by molar-refractivity contribution is 7.89. The molecule has 0 fully saturated rings. The number of hydrogen-bond acceptors (Lipinski definition) is 6. The number of anilines is 1. The topological polar surface area (TPSA) is 97.4 Å². The zero-order valence-corrected chi connectivity index (χ0v) is 15.8. The van der Waals surface area contributed by atoms with E-state index in [1.54, 1.807) is 18.2 Å². The van der Waals surface area contributed by atoms with Gasteiger partial charge in [0, 0.05) is 5.69 Å². The predicted octanol–water partition coefficient (Wildman–Crippen LogP) is 2.53. The molecule has 0 saturated carbocycles. The molecule has 2 N–H and O–H groups in total. The lowest BCUT2D eigenvalue weighted by molar-refractivity contribution is -0.115. The summed E-state index contributed by atoms with van der Waals surface area (Å²) in [6, 6.07) is 11.3. The lowest BCUT2D eigenvalue weighted by atomic mass is 10.3. The zero-order chi connectivity index (χ0) is 18.7. The van der Waals surface area contributed by atoms with Crippen LogP contribution in [0.4, 0.5) is 5.69 Å². The number of hydrogen-bond donors (Lipinski definition) is 2. The fraction of sp³-hybridized carbons (Fsp3) is 0.176. The molecule has 136 valence electrons. The van der Waals surface area contributed by atoms with Gasteiger partial charge in [0.1, 0.15) is 5.75 Å². The Kier molecular flexibility index (Phi) is 5.21. The van der Waals surface area contributed by atoms with Gasteiger partial charge in [-0.25, -0.2) is 18.1 Å². The van der Waals surface area contributed by atoms with E-state index < -0.39 is 15.9 Å². The molecule has 0 saturated heterocycles. The minimum absolute atomic E-state index is 0.0626. The molecular formula is C17H17N3O4S2. The van der Waals surface area contributed by atoms with Crippen LogP contribution in [0.1, 0.15) is 5.01 Å². The second kappa shape index (κ2) is 7.40. The van der Waals surface area contributed by atoms with Gasteiger partial charge in [-0.15, -0.1) is 11.3 Å². The smallest absolute Gasteiger partial charge is 0.241 e. The van der Waals surface area contributed by atoms with Gasteiger partial charge in [-0.05, 0) is 49.4 Å². The number of fused-ring (bicyclic) bond motifs is 1. The van der Waals surface area contributed by atoms with Gasteiger partial charge in [-0.1, -0.05) is 0 Å². The number of carbonyl (C=O) groups excluding carboxylic acids is 1. The van der Waals surface area contributed by atoms with Gasteiger partial charge in [0.15, 0.2) is 0 Å². The standard InChI is InChI=1S/C17H17N3O4S2/c1-11-19-15-8-3-12(9-16(15)25-11)20-17(21)10-18-26(22,23)14-6-4-13(24-2)5-7-14/h3-9,18H,10H2,1-2H3,(H,20,21). The molecule has 0 aliphatic carbocycles. The molecule has 1 amide bonds. The zero-order valence-electron chi connectivity index (χ0n) is 14.1. The van der Waals surface area contributed by atoms with Gasteiger partial charge in [-0.3, -0.25) is 4.79 Å². The Morgan fingerprint density at radius 3 is 2.62 bits per heavy atom. The molecule has 1 heterocycles. The lowest BCUT2D eigenvalue weighted by Crippen LogP contribution is -2.32. The van der Waals surface area contributed by atoms with Crippen LogP contribution in [0.5, 0.6) is 5.75 Å². The SMILES string of the molecule is COc1ccc(S(=O)(=O)NCC(=O)Nc2ccc3nc(C)sc3c2)cc1. The van der Waals surface area contributed by atoms with Gasteiger partial charge >= 0.3 is 0 Å². The highest BCUT2D eigenvalue weighted by Gasteiger charge is 2.15. The summed E-state index contributed by atoms with van der Waals surface area (Å²) in [4.78, 5) is 16.5. The maximum absolute atomic E-state index is 12.2. The number of benzene rings is 2. The third kappa shape index (κ3) is 4.18. The number of amides is 1. The normalized spacial score (nSPS) is 11.5. The highest BCUT2D eigenvalue weighted by Crippen LogP contribution is 2.24. The second-order valence-corrected chi connectivity index (χ2v) is 8.47. The van der Waals surface area contributed by atoms with E-state index in [-0.39, 0.29) is 11.4 Å². The molecule has 0 bridgehead atoms. The van der Waals surface area contributed by atoms with Gasteiger partial charge in [-0.2, -0.15) is 0 Å². The number of nitrogens with one attached hydrogen (secondary N) is 2. The van der Waals surface area contributed by atoms with Crippen LogP contribution in [-0.2, 0) is 14.8 Å². The van der Waals surface area contributed by atoms with Crippen LogP contribution in [0, 0.1) is 6.92 Å². The Balaban J connectivity index is 1.63. The maximum Gasteiger partial charge on any atom is 0.241 e. The van der Waals surface area contributed by atoms with Crippen molar-refractivity contribution in [2.75, 3.05) is 19.0 Å². The molecule has 26 heavy (non-hydrogen) atoms. The maximum atomic E-state index is 12.2. The Hall–Kier alpha value is -2.49. The molecule has 9 heteroatoms. The van der Waals surface area contributed by atoms with Crippen LogP contribution in [0.2, 0.25) is 0 Å². The molecule has 0 spiro atoms. The number of aromatic nitrogens is 1. The Morgan fingerprint density at radius 1 is 1.19 bits per heavy atom. The number of aryl methyl sites for hydroxylation is 1. The fourth-order valence-electron chi connectivity index (χ4n) is 2.32. The fourth-order valence-corrected chi connectivity index (χ4v) is 4.17. The van der Waals surface area contributed by atoms with Crippen molar-refractivity contribution in [1.82, 2.24) is 9.71 Å². The molecule has 0 aliphatic heterocycles. The van der Waals surface area contributed by atoms with E-state index in [0.29, 0.717) is 11.4 Å². The molecule has 0 aliphatic rings. The Labute approximate surface area is 155 Å². The molecule has 3 rings (SSSR count). The van der Waals surface area contributed by atoms with Crippen LogP contribution in [0.25, 0.3) is 10.2 Å². The first-order valence-electron chi connectivity index (χ1n) is 7.68. The number of ether oxygens (including phenoxy) is 1. The van der Waals surface area contributed by atoms with E-state index >= 15 is 0 Å². The summed E-state index contributed by atoms with van der Waals surface area (Å²) in [7, 11) is -2.28. The first-order chi connectivity index (χ1) is 12.4. The third-order valence-corrected chi connectivity index (χ3v) is 5.92. The largest absolute Gasteiger partial charge is 0.497 e. The second-order valence-electron chi connectivity index (χ2n) is 5.46. The van der Waals surface area contributed by atoms with Crippen LogP contribution >= 0.6 is 11.3 Å². The minimum Gasteiger partial charge on any atom is -0.497 e. The minimum atomic E-state index is -3.78. The quantitative estimate of drug-likeness (QED) is 0.673. The Bertz CT molecular complexity index is 1040. The molecule has 0 radical (unpaired) electrons. The van der Waals surface area contributed by atoms with Gasteiger partial charge < -0.3 is 10.1 Å². The van der Waals surface area contributed by atoms with Crippen LogP contribution in [0.3, 0.4) is 0 Å². The number of methoxy groups -OCH3 is 1. The van der Waals surface area contributed by atoms with E-state index in [1.165, 1.54) is 30.6 Å². The summed E-state index contributed by atoms with van der Waals surface area (Å²) in [5, 5.41) is 3.62. The molecule has 3 aromatic rings. The van der Waals surface area contributed by atoms with Crippen LogP contribution in [0.15, 0.2) is 47.4 Å². The van der Waals surface area contributed by atoms with Crippen molar-refractivity contribution in [3.63, 3.8) is 0 Å². The van der Waals surface area contributed by atoms with E-state index in [0.717, 1.165) is 15.2 Å². The summed E-state index contributed by atoms with van der Waals surface area (Å²) in [5.41, 5.74) is 1.46. The van der Waals surface area contributed by atoms with Crippen LogP contribution < -0.4 is 14.8 Å². The van der Waals surface area contributed by atoms with E-state index in [1.807, 2.05) is 19.1 Å². The molecular weight excluding hydrogens is 374 g/mol. The summed E-state index contributed by atoms with van der Waals surface area (Å²) in [6.07, 6.45) is 0. The number of sulfonamides is 1. The average Bonchev–Trinajstić information content (AvgIpc) is 2.99. The van der Waals surface area contributed by atoms with E-state index in [2.05, 4.69) is 15.0 Å². The average molecular weight is 391 g/mol. The van der Waals surface area contributed by atoms with E-state index in [9.17, 15) is 13.2 Å². The van der Waals surface area contributed by atoms with E-state index in [4.69, 9.17) is 4.74 Å². The van der Waals surface area contributed by atoms with Gasteiger partial charge in [0.05, 0.1) is 33.8 Å². The lowest BCUT2D eigenvalue weighted by Gasteiger charge is -2.08. The predicted molar refractivity (Wildman–Crippen MR) is 101 cm³/mol. The Morgan fingerprint density at radius 2 is 1.92 bits per heavy atom. The number of thiazole rings is 1.